The van der Waals surface area contributed by atoms with Crippen molar-refractivity contribution in [2.24, 2.45) is 5.92 Å². The Morgan fingerprint density at radius 1 is 1.46 bits per heavy atom. The maximum absolute atomic E-state index is 12.1. The minimum Gasteiger partial charge on any atom is -0.491 e. The van der Waals surface area contributed by atoms with Gasteiger partial charge in [-0.3, -0.25) is 4.79 Å². The number of thiazole rings is 1. The third-order valence-corrected chi connectivity index (χ3v) is 4.91. The number of rotatable bonds is 5. The Morgan fingerprint density at radius 2 is 2.29 bits per heavy atom. The van der Waals surface area contributed by atoms with Crippen molar-refractivity contribution in [3.8, 4) is 28.8 Å². The van der Waals surface area contributed by atoms with Crippen LogP contribution in [0.5, 0.6) is 5.75 Å². The van der Waals surface area contributed by atoms with Gasteiger partial charge in [0.15, 0.2) is 11.6 Å². The van der Waals surface area contributed by atoms with Gasteiger partial charge in [-0.1, -0.05) is 0 Å². The number of nitrogens with zero attached hydrogens (tertiary/aromatic N) is 4. The number of aromatic amines is 1. The van der Waals surface area contributed by atoms with Gasteiger partial charge in [0.05, 0.1) is 24.4 Å². The Morgan fingerprint density at radius 3 is 2.92 bits per heavy atom. The molecule has 1 aliphatic carbocycles. The highest BCUT2D eigenvalue weighted by atomic mass is 32.1. The van der Waals surface area contributed by atoms with E-state index < -0.39 is 0 Å². The van der Waals surface area contributed by atoms with Crippen LogP contribution in [-0.2, 0) is 0 Å². The van der Waals surface area contributed by atoms with E-state index in [4.69, 9.17) is 4.74 Å². The first-order valence-corrected chi connectivity index (χ1v) is 8.74. The molecule has 8 heteroatoms. The molecule has 3 aromatic rings. The third kappa shape index (κ3) is 2.62. The molecule has 0 bridgehead atoms. The van der Waals surface area contributed by atoms with E-state index in [-0.39, 0.29) is 17.2 Å². The monoisotopic (exact) mass is 343 g/mol. The van der Waals surface area contributed by atoms with Gasteiger partial charge in [-0.2, -0.15) is 0 Å². The standard InChI is InChI=1S/C16H17N5O2S/c1-9(10-3-4-10)21-16(11-5-13(22)14(23-2)6-17-11)19-15(20-21)12-7-24-8-18-12/h5-10H,3-4H2,1-2H3,(H,17,22). The Kier molecular flexibility index (Phi) is 3.68. The zero-order valence-electron chi connectivity index (χ0n) is 13.4. The number of aromatic nitrogens is 5. The summed E-state index contributed by atoms with van der Waals surface area (Å²) in [6.45, 7) is 2.14. The first-order valence-electron chi connectivity index (χ1n) is 7.79. The summed E-state index contributed by atoms with van der Waals surface area (Å²) in [5.74, 6) is 2.12. The lowest BCUT2D eigenvalue weighted by molar-refractivity contribution is 0.409. The Hall–Kier alpha value is -2.48. The average Bonchev–Trinajstić information content (AvgIpc) is 3.11. The van der Waals surface area contributed by atoms with Gasteiger partial charge in [-0.05, 0) is 25.7 Å². The SMILES string of the molecule is COc1c[nH]c(-c2nc(-c3cscn3)nn2C(C)C2CC2)cc1=O. The number of hydrogen-bond acceptors (Lipinski definition) is 6. The molecule has 1 aliphatic rings. The van der Waals surface area contributed by atoms with Gasteiger partial charge < -0.3 is 9.72 Å². The molecule has 124 valence electrons. The second-order valence-electron chi connectivity index (χ2n) is 5.93. The van der Waals surface area contributed by atoms with Gasteiger partial charge in [-0.15, -0.1) is 16.4 Å². The molecule has 0 aliphatic heterocycles. The molecule has 1 atom stereocenters. The lowest BCUT2D eigenvalue weighted by Gasteiger charge is -2.13. The summed E-state index contributed by atoms with van der Waals surface area (Å²) in [5.41, 5.74) is 2.95. The summed E-state index contributed by atoms with van der Waals surface area (Å²) >= 11 is 1.51. The van der Waals surface area contributed by atoms with Crippen LogP contribution < -0.4 is 10.2 Å². The number of nitrogens with one attached hydrogen (secondary N) is 1. The van der Waals surface area contributed by atoms with E-state index in [1.54, 1.807) is 11.7 Å². The number of methoxy groups -OCH3 is 1. The summed E-state index contributed by atoms with van der Waals surface area (Å²) in [7, 11) is 1.47. The van der Waals surface area contributed by atoms with Crippen LogP contribution in [0, 0.1) is 5.92 Å². The summed E-state index contributed by atoms with van der Waals surface area (Å²) in [6.07, 6.45) is 3.96. The molecule has 1 fully saturated rings. The summed E-state index contributed by atoms with van der Waals surface area (Å²) in [6, 6.07) is 1.73. The van der Waals surface area contributed by atoms with Gasteiger partial charge in [0, 0.05) is 17.6 Å². The zero-order chi connectivity index (χ0) is 16.7. The second-order valence-corrected chi connectivity index (χ2v) is 6.65. The first kappa shape index (κ1) is 15.1. The minimum atomic E-state index is -0.185. The van der Waals surface area contributed by atoms with Crippen molar-refractivity contribution in [2.75, 3.05) is 7.11 Å². The predicted octanol–water partition coefficient (Wildman–Crippen LogP) is 2.74. The predicted molar refractivity (Wildman–Crippen MR) is 91.2 cm³/mol. The van der Waals surface area contributed by atoms with Crippen LogP contribution in [-0.4, -0.2) is 31.8 Å². The molecular formula is C16H17N5O2S. The smallest absolute Gasteiger partial charge is 0.224 e. The highest BCUT2D eigenvalue weighted by Gasteiger charge is 2.32. The lowest BCUT2D eigenvalue weighted by atomic mass is 10.2. The summed E-state index contributed by atoms with van der Waals surface area (Å²) in [4.78, 5) is 24.1. The average molecular weight is 343 g/mol. The number of H-pyrrole nitrogens is 1. The highest BCUT2D eigenvalue weighted by molar-refractivity contribution is 7.07. The fraction of sp³-hybridized carbons (Fsp3) is 0.375. The van der Waals surface area contributed by atoms with Crippen LogP contribution in [0.15, 0.2) is 27.9 Å². The quantitative estimate of drug-likeness (QED) is 0.770. The van der Waals surface area contributed by atoms with E-state index in [9.17, 15) is 4.79 Å². The van der Waals surface area contributed by atoms with E-state index in [1.807, 2.05) is 10.1 Å². The summed E-state index contributed by atoms with van der Waals surface area (Å²) < 4.78 is 6.94. The van der Waals surface area contributed by atoms with Crippen molar-refractivity contribution < 1.29 is 4.74 Å². The number of ether oxygens (including phenoxy) is 1. The van der Waals surface area contributed by atoms with E-state index >= 15 is 0 Å². The van der Waals surface area contributed by atoms with Gasteiger partial charge >= 0.3 is 0 Å². The van der Waals surface area contributed by atoms with E-state index in [2.05, 4.69) is 27.0 Å². The lowest BCUT2D eigenvalue weighted by Crippen LogP contribution is -2.13. The zero-order valence-corrected chi connectivity index (χ0v) is 14.2. The maximum Gasteiger partial charge on any atom is 0.224 e. The van der Waals surface area contributed by atoms with Crippen molar-refractivity contribution in [3.05, 3.63) is 33.4 Å². The van der Waals surface area contributed by atoms with E-state index in [0.29, 0.717) is 23.3 Å². The van der Waals surface area contributed by atoms with Crippen LogP contribution in [0.1, 0.15) is 25.8 Å². The molecule has 1 unspecified atom stereocenters. The van der Waals surface area contributed by atoms with Crippen molar-refractivity contribution in [2.45, 2.75) is 25.8 Å². The van der Waals surface area contributed by atoms with Crippen LogP contribution in [0.2, 0.25) is 0 Å². The molecule has 1 saturated carbocycles. The molecule has 3 aromatic heterocycles. The van der Waals surface area contributed by atoms with Crippen LogP contribution in [0.4, 0.5) is 0 Å². The fourth-order valence-electron chi connectivity index (χ4n) is 2.75. The maximum atomic E-state index is 12.1. The molecule has 0 amide bonds. The van der Waals surface area contributed by atoms with Crippen molar-refractivity contribution in [3.63, 3.8) is 0 Å². The molecule has 7 nitrogen and oxygen atoms in total. The van der Waals surface area contributed by atoms with E-state index in [0.717, 1.165) is 5.69 Å². The van der Waals surface area contributed by atoms with Gasteiger partial charge in [0.2, 0.25) is 11.3 Å². The molecule has 0 spiro atoms. The van der Waals surface area contributed by atoms with Crippen LogP contribution in [0.3, 0.4) is 0 Å². The van der Waals surface area contributed by atoms with Gasteiger partial charge in [0.1, 0.15) is 5.69 Å². The normalized spacial score (nSPS) is 15.4. The number of pyridine rings is 1. The third-order valence-electron chi connectivity index (χ3n) is 4.32. The summed E-state index contributed by atoms with van der Waals surface area (Å²) in [5, 5.41) is 6.58. The molecule has 24 heavy (non-hydrogen) atoms. The van der Waals surface area contributed by atoms with Crippen molar-refractivity contribution >= 4 is 11.3 Å². The Balaban J connectivity index is 1.83. The molecule has 0 radical (unpaired) electrons. The highest BCUT2D eigenvalue weighted by Crippen LogP contribution is 2.40. The first-order chi connectivity index (χ1) is 11.7. The number of hydrogen-bond donors (Lipinski definition) is 1. The molecule has 0 saturated heterocycles. The Labute approximate surface area is 142 Å². The molecule has 0 aromatic carbocycles. The fourth-order valence-corrected chi connectivity index (χ4v) is 3.28. The largest absolute Gasteiger partial charge is 0.491 e. The van der Waals surface area contributed by atoms with Crippen LogP contribution in [0.25, 0.3) is 23.0 Å². The molecule has 4 rings (SSSR count). The Bertz CT molecular complexity index is 911. The van der Waals surface area contributed by atoms with Gasteiger partial charge in [-0.25, -0.2) is 14.6 Å². The minimum absolute atomic E-state index is 0.185. The van der Waals surface area contributed by atoms with E-state index in [1.165, 1.54) is 37.4 Å². The van der Waals surface area contributed by atoms with Gasteiger partial charge in [0.25, 0.3) is 0 Å². The molecule has 3 heterocycles. The van der Waals surface area contributed by atoms with Crippen LogP contribution >= 0.6 is 11.3 Å². The van der Waals surface area contributed by atoms with Crippen molar-refractivity contribution in [1.29, 1.82) is 0 Å². The molecule has 1 N–H and O–H groups in total. The molecular weight excluding hydrogens is 326 g/mol. The van der Waals surface area contributed by atoms with Crippen molar-refractivity contribution in [1.82, 2.24) is 24.7 Å². The topological polar surface area (TPSA) is 85.7 Å². The second kappa shape index (κ2) is 5.86.